The number of rotatable bonds is 4. The maximum Gasteiger partial charge on any atom is 0.228 e. The van der Waals surface area contributed by atoms with Crippen LogP contribution in [0.3, 0.4) is 0 Å². The monoisotopic (exact) mass is 316 g/mol. The minimum absolute atomic E-state index is 0.00329. The zero-order valence-electron chi connectivity index (χ0n) is 10.2. The maximum absolute atomic E-state index is 11.9. The number of halogens is 1. The van der Waals surface area contributed by atoms with Crippen molar-refractivity contribution in [3.05, 3.63) is 22.2 Å². The van der Waals surface area contributed by atoms with Gasteiger partial charge in [0.15, 0.2) is 0 Å². The smallest absolute Gasteiger partial charge is 0.228 e. The predicted octanol–water partition coefficient (Wildman–Crippen LogP) is 3.28. The Morgan fingerprint density at radius 3 is 2.82 bits per heavy atom. The van der Waals surface area contributed by atoms with Gasteiger partial charge in [0.2, 0.25) is 5.91 Å². The van der Waals surface area contributed by atoms with Crippen molar-refractivity contribution in [3.8, 4) is 0 Å². The van der Waals surface area contributed by atoms with E-state index < -0.39 is 0 Å². The Bertz CT molecular complexity index is 423. The van der Waals surface area contributed by atoms with Crippen LogP contribution in [0.4, 0.5) is 11.4 Å². The van der Waals surface area contributed by atoms with Crippen LogP contribution in [0.2, 0.25) is 0 Å². The molecule has 0 aliphatic rings. The number of aryl methyl sites for hydroxylation is 1. The van der Waals surface area contributed by atoms with Gasteiger partial charge in [-0.25, -0.2) is 0 Å². The Hall–Kier alpha value is -0.680. The van der Waals surface area contributed by atoms with E-state index in [2.05, 4.69) is 21.2 Å². The molecule has 0 fully saturated rings. The van der Waals surface area contributed by atoms with Crippen LogP contribution in [0.25, 0.3) is 0 Å². The lowest BCUT2D eigenvalue weighted by molar-refractivity contribution is -0.118. The summed E-state index contributed by atoms with van der Waals surface area (Å²) in [6, 6.07) is 3.75. The minimum Gasteiger partial charge on any atom is -0.397 e. The van der Waals surface area contributed by atoms with E-state index in [0.29, 0.717) is 11.4 Å². The number of hydrogen-bond acceptors (Lipinski definition) is 3. The van der Waals surface area contributed by atoms with Crippen LogP contribution in [-0.2, 0) is 4.79 Å². The van der Waals surface area contributed by atoms with Crippen molar-refractivity contribution < 1.29 is 4.79 Å². The normalized spacial score (nSPS) is 12.2. The molecule has 1 aromatic rings. The number of carbonyl (C=O) groups is 1. The van der Waals surface area contributed by atoms with Crippen LogP contribution in [0.5, 0.6) is 0 Å². The Labute approximate surface area is 115 Å². The van der Waals surface area contributed by atoms with Gasteiger partial charge in [0.1, 0.15) is 0 Å². The van der Waals surface area contributed by atoms with Crippen molar-refractivity contribution in [3.63, 3.8) is 0 Å². The lowest BCUT2D eigenvalue weighted by atomic mass is 10.1. The fourth-order valence-electron chi connectivity index (χ4n) is 1.44. The van der Waals surface area contributed by atoms with Crippen LogP contribution < -0.4 is 11.1 Å². The van der Waals surface area contributed by atoms with Crippen LogP contribution in [0.15, 0.2) is 16.6 Å². The van der Waals surface area contributed by atoms with Crippen LogP contribution in [-0.4, -0.2) is 17.9 Å². The molecule has 0 heterocycles. The second-order valence-corrected chi connectivity index (χ2v) is 5.86. The van der Waals surface area contributed by atoms with Gasteiger partial charge in [-0.05, 0) is 30.9 Å². The molecule has 1 amide bonds. The Morgan fingerprint density at radius 2 is 2.24 bits per heavy atom. The number of nitrogens with one attached hydrogen (secondary N) is 1. The molecule has 0 bridgehead atoms. The molecule has 0 aliphatic heterocycles. The molecule has 3 N–H and O–H groups in total. The Morgan fingerprint density at radius 1 is 1.59 bits per heavy atom. The summed E-state index contributed by atoms with van der Waals surface area (Å²) in [6.07, 6.45) is 1.99. The molecule has 1 aromatic carbocycles. The van der Waals surface area contributed by atoms with Crippen LogP contribution in [0, 0.1) is 12.8 Å². The highest BCUT2D eigenvalue weighted by Gasteiger charge is 2.14. The first-order chi connectivity index (χ1) is 7.95. The van der Waals surface area contributed by atoms with Gasteiger partial charge in [-0.2, -0.15) is 11.8 Å². The van der Waals surface area contributed by atoms with Crippen molar-refractivity contribution in [2.24, 2.45) is 5.92 Å². The molecule has 0 saturated carbocycles. The molecule has 94 valence electrons. The molecule has 17 heavy (non-hydrogen) atoms. The highest BCUT2D eigenvalue weighted by molar-refractivity contribution is 9.10. The summed E-state index contributed by atoms with van der Waals surface area (Å²) in [4.78, 5) is 11.9. The Kier molecular flexibility index (Phi) is 5.33. The first-order valence-corrected chi connectivity index (χ1v) is 7.49. The van der Waals surface area contributed by atoms with Gasteiger partial charge in [0.05, 0.1) is 11.4 Å². The molecule has 1 rings (SSSR count). The van der Waals surface area contributed by atoms with Gasteiger partial charge < -0.3 is 11.1 Å². The topological polar surface area (TPSA) is 55.1 Å². The Balaban J connectivity index is 2.85. The molecule has 0 aliphatic carbocycles. The maximum atomic E-state index is 11.9. The van der Waals surface area contributed by atoms with E-state index in [1.165, 1.54) is 0 Å². The number of thioether (sulfide) groups is 1. The summed E-state index contributed by atoms with van der Waals surface area (Å²) in [5.41, 5.74) is 8.18. The van der Waals surface area contributed by atoms with Gasteiger partial charge in [0, 0.05) is 16.1 Å². The van der Waals surface area contributed by atoms with E-state index in [1.807, 2.05) is 32.2 Å². The predicted molar refractivity (Wildman–Crippen MR) is 79.5 cm³/mol. The van der Waals surface area contributed by atoms with Crippen molar-refractivity contribution >= 4 is 45.0 Å². The third-order valence-electron chi connectivity index (χ3n) is 2.47. The number of anilines is 2. The SMILES string of the molecule is CSCC(C)C(=O)Nc1cc(Br)cc(C)c1N. The summed E-state index contributed by atoms with van der Waals surface area (Å²) in [5.74, 6) is 0.783. The lowest BCUT2D eigenvalue weighted by Crippen LogP contribution is -2.22. The third kappa shape index (κ3) is 3.92. The number of nitrogen functional groups attached to an aromatic ring is 1. The van der Waals surface area contributed by atoms with E-state index >= 15 is 0 Å². The quantitative estimate of drug-likeness (QED) is 0.838. The van der Waals surface area contributed by atoms with Crippen molar-refractivity contribution in [2.75, 3.05) is 23.1 Å². The molecule has 0 radical (unpaired) electrons. The molecule has 3 nitrogen and oxygen atoms in total. The second kappa shape index (κ2) is 6.31. The highest BCUT2D eigenvalue weighted by atomic mass is 79.9. The average Bonchev–Trinajstić information content (AvgIpc) is 2.25. The number of carbonyl (C=O) groups excluding carboxylic acids is 1. The fourth-order valence-corrected chi connectivity index (χ4v) is 2.66. The van der Waals surface area contributed by atoms with E-state index in [-0.39, 0.29) is 11.8 Å². The van der Waals surface area contributed by atoms with Gasteiger partial charge in [0.25, 0.3) is 0 Å². The average molecular weight is 317 g/mol. The van der Waals surface area contributed by atoms with E-state index in [4.69, 9.17) is 5.73 Å². The van der Waals surface area contributed by atoms with E-state index in [9.17, 15) is 4.79 Å². The zero-order chi connectivity index (χ0) is 13.0. The second-order valence-electron chi connectivity index (χ2n) is 4.03. The van der Waals surface area contributed by atoms with Crippen molar-refractivity contribution in [1.29, 1.82) is 0 Å². The van der Waals surface area contributed by atoms with Crippen LogP contribution in [0.1, 0.15) is 12.5 Å². The van der Waals surface area contributed by atoms with Crippen LogP contribution >= 0.6 is 27.7 Å². The largest absolute Gasteiger partial charge is 0.397 e. The first-order valence-electron chi connectivity index (χ1n) is 5.31. The van der Waals surface area contributed by atoms with Gasteiger partial charge in [-0.15, -0.1) is 0 Å². The fraction of sp³-hybridized carbons (Fsp3) is 0.417. The van der Waals surface area contributed by atoms with Gasteiger partial charge in [-0.1, -0.05) is 22.9 Å². The van der Waals surface area contributed by atoms with Gasteiger partial charge in [-0.3, -0.25) is 4.79 Å². The lowest BCUT2D eigenvalue weighted by Gasteiger charge is -2.14. The van der Waals surface area contributed by atoms with Gasteiger partial charge >= 0.3 is 0 Å². The zero-order valence-corrected chi connectivity index (χ0v) is 12.6. The molecule has 5 heteroatoms. The third-order valence-corrected chi connectivity index (χ3v) is 3.76. The number of hydrogen-bond donors (Lipinski definition) is 2. The van der Waals surface area contributed by atoms with E-state index in [0.717, 1.165) is 15.8 Å². The molecule has 0 spiro atoms. The molecule has 0 aromatic heterocycles. The molecular formula is C12H17BrN2OS. The molecule has 1 atom stereocenters. The molecule has 0 saturated heterocycles. The number of nitrogens with two attached hydrogens (primary N) is 1. The first kappa shape index (κ1) is 14.4. The standard InChI is InChI=1S/C12H17BrN2OS/c1-7-4-9(13)5-10(11(7)14)15-12(16)8(2)6-17-3/h4-5,8H,6,14H2,1-3H3,(H,15,16). The summed E-state index contributed by atoms with van der Waals surface area (Å²) in [6.45, 7) is 3.83. The van der Waals surface area contributed by atoms with Crippen molar-refractivity contribution in [2.45, 2.75) is 13.8 Å². The highest BCUT2D eigenvalue weighted by Crippen LogP contribution is 2.28. The molecule has 1 unspecified atom stereocenters. The van der Waals surface area contributed by atoms with E-state index in [1.54, 1.807) is 11.8 Å². The number of benzene rings is 1. The summed E-state index contributed by atoms with van der Waals surface area (Å²) >= 11 is 5.05. The molecular weight excluding hydrogens is 300 g/mol. The summed E-state index contributed by atoms with van der Waals surface area (Å²) < 4.78 is 0.914. The minimum atomic E-state index is -0.0244. The summed E-state index contributed by atoms with van der Waals surface area (Å²) in [5, 5.41) is 2.87. The number of amides is 1. The van der Waals surface area contributed by atoms with Crippen molar-refractivity contribution in [1.82, 2.24) is 0 Å². The summed E-state index contributed by atoms with van der Waals surface area (Å²) in [7, 11) is 0.